The van der Waals surface area contributed by atoms with Gasteiger partial charge < -0.3 is 9.72 Å². The lowest BCUT2D eigenvalue weighted by atomic mass is 9.64. The van der Waals surface area contributed by atoms with Crippen LogP contribution in [0.15, 0.2) is 66.2 Å². The van der Waals surface area contributed by atoms with E-state index in [0.29, 0.717) is 36.1 Å². The third-order valence-electron chi connectivity index (χ3n) is 7.54. The predicted octanol–water partition coefficient (Wildman–Crippen LogP) is 4.89. The summed E-state index contributed by atoms with van der Waals surface area (Å²) in [5.74, 6) is 0.614. The fourth-order valence-corrected chi connectivity index (χ4v) is 6.13. The lowest BCUT2D eigenvalue weighted by molar-refractivity contribution is -0.0557. The van der Waals surface area contributed by atoms with E-state index in [4.69, 9.17) is 4.74 Å². The van der Waals surface area contributed by atoms with E-state index in [1.54, 1.807) is 0 Å². The molecule has 3 fully saturated rings. The van der Waals surface area contributed by atoms with Crippen LogP contribution in [0.5, 0.6) is 0 Å². The Morgan fingerprint density at radius 1 is 1.17 bits per heavy atom. The van der Waals surface area contributed by atoms with E-state index < -0.39 is 0 Å². The first-order valence-electron chi connectivity index (χ1n) is 11.0. The van der Waals surface area contributed by atoms with Gasteiger partial charge in [-0.25, -0.2) is 4.79 Å². The standard InChI is InChI=1S/C26H26N2O2/c1-2-16-14-28-23-13-20-18-10-6-7-11-22(18)27-25(20)24(28)12-19(16)21(23)15-30-26(29)17-8-4-3-5-9-17/h2-11,19,21,23-24,27H,12-15H2,1H3. The molecule has 3 aromatic rings. The number of para-hydroxylation sites is 1. The molecule has 30 heavy (non-hydrogen) atoms. The van der Waals surface area contributed by atoms with Gasteiger partial charge in [-0.3, -0.25) is 4.90 Å². The van der Waals surface area contributed by atoms with Crippen LogP contribution < -0.4 is 0 Å². The lowest BCUT2D eigenvalue weighted by Gasteiger charge is -2.58. The predicted molar refractivity (Wildman–Crippen MR) is 117 cm³/mol. The minimum atomic E-state index is -0.214. The first kappa shape index (κ1) is 18.0. The van der Waals surface area contributed by atoms with Gasteiger partial charge in [0.1, 0.15) is 0 Å². The monoisotopic (exact) mass is 398 g/mol. The molecule has 0 amide bonds. The van der Waals surface area contributed by atoms with Gasteiger partial charge in [-0.1, -0.05) is 48.0 Å². The van der Waals surface area contributed by atoms with Crippen LogP contribution in [0.3, 0.4) is 0 Å². The molecule has 1 N–H and O–H groups in total. The van der Waals surface area contributed by atoms with Crippen molar-refractivity contribution in [2.45, 2.75) is 31.8 Å². The number of fused-ring (bicyclic) bond motifs is 4. The summed E-state index contributed by atoms with van der Waals surface area (Å²) < 4.78 is 5.86. The largest absolute Gasteiger partial charge is 0.462 e. The first-order chi connectivity index (χ1) is 14.7. The van der Waals surface area contributed by atoms with Crippen LogP contribution in [0, 0.1) is 11.8 Å². The van der Waals surface area contributed by atoms with Crippen molar-refractivity contribution in [1.29, 1.82) is 0 Å². The Labute approximate surface area is 176 Å². The molecule has 4 heteroatoms. The molecule has 5 atom stereocenters. The molecule has 2 aromatic carbocycles. The second kappa shape index (κ2) is 6.85. The Hall–Kier alpha value is -2.85. The number of carbonyl (C=O) groups excluding carboxylic acids is 1. The molecule has 5 unspecified atom stereocenters. The molecule has 0 saturated carbocycles. The maximum Gasteiger partial charge on any atom is 0.338 e. The highest BCUT2D eigenvalue weighted by molar-refractivity contribution is 5.89. The molecule has 1 aromatic heterocycles. The summed E-state index contributed by atoms with van der Waals surface area (Å²) in [6.45, 7) is 3.67. The topological polar surface area (TPSA) is 45.3 Å². The molecule has 0 spiro atoms. The highest BCUT2D eigenvalue weighted by atomic mass is 16.5. The second-order valence-electron chi connectivity index (χ2n) is 8.86. The Morgan fingerprint density at radius 2 is 1.97 bits per heavy atom. The number of aromatic nitrogens is 1. The first-order valence-corrected chi connectivity index (χ1v) is 11.0. The number of H-pyrrole nitrogens is 1. The van der Waals surface area contributed by atoms with Crippen molar-refractivity contribution in [3.63, 3.8) is 0 Å². The molecule has 5 heterocycles. The third kappa shape index (κ3) is 2.60. The van der Waals surface area contributed by atoms with Crippen LogP contribution in [0.2, 0.25) is 0 Å². The van der Waals surface area contributed by atoms with E-state index in [-0.39, 0.29) is 5.97 Å². The van der Waals surface area contributed by atoms with Crippen LogP contribution in [0.25, 0.3) is 10.9 Å². The zero-order chi connectivity index (χ0) is 20.2. The molecule has 7 rings (SSSR count). The Kier molecular flexibility index (Phi) is 4.10. The summed E-state index contributed by atoms with van der Waals surface area (Å²) in [6.07, 6.45) is 4.41. The average Bonchev–Trinajstić information content (AvgIpc) is 3.17. The van der Waals surface area contributed by atoms with Crippen molar-refractivity contribution < 1.29 is 9.53 Å². The summed E-state index contributed by atoms with van der Waals surface area (Å²) in [5, 5.41) is 1.35. The fourth-order valence-electron chi connectivity index (χ4n) is 6.13. The summed E-state index contributed by atoms with van der Waals surface area (Å²) in [7, 11) is 0. The van der Waals surface area contributed by atoms with Crippen LogP contribution in [0.1, 0.15) is 41.0 Å². The summed E-state index contributed by atoms with van der Waals surface area (Å²) in [4.78, 5) is 19.0. The van der Waals surface area contributed by atoms with Gasteiger partial charge in [-0.05, 0) is 49.4 Å². The minimum Gasteiger partial charge on any atom is -0.462 e. The number of piperidine rings is 3. The zero-order valence-electron chi connectivity index (χ0n) is 17.2. The van der Waals surface area contributed by atoms with Crippen LogP contribution >= 0.6 is 0 Å². The van der Waals surface area contributed by atoms with Crippen LogP contribution in [0.4, 0.5) is 0 Å². The maximum atomic E-state index is 12.6. The summed E-state index contributed by atoms with van der Waals surface area (Å²) >= 11 is 0. The highest BCUT2D eigenvalue weighted by Crippen LogP contribution is 2.54. The van der Waals surface area contributed by atoms with Gasteiger partial charge in [0, 0.05) is 35.1 Å². The van der Waals surface area contributed by atoms with Gasteiger partial charge in [-0.15, -0.1) is 0 Å². The SMILES string of the molecule is CC=C1CN2C3CC1C(COC(=O)c1ccccc1)C2Cc1c3[nH]c2ccccc12. The van der Waals surface area contributed by atoms with Crippen molar-refractivity contribution in [3.05, 3.63) is 83.1 Å². The highest BCUT2D eigenvalue weighted by Gasteiger charge is 2.53. The summed E-state index contributed by atoms with van der Waals surface area (Å²) in [5.41, 5.74) is 6.25. The second-order valence-corrected chi connectivity index (χ2v) is 8.86. The number of hydrogen-bond acceptors (Lipinski definition) is 3. The smallest absolute Gasteiger partial charge is 0.338 e. The number of hydrogen-bond donors (Lipinski definition) is 1. The normalized spacial score (nSPS) is 30.4. The molecule has 3 saturated heterocycles. The van der Waals surface area contributed by atoms with Crippen molar-refractivity contribution >= 4 is 16.9 Å². The van der Waals surface area contributed by atoms with Crippen molar-refractivity contribution in [2.75, 3.05) is 13.2 Å². The average molecular weight is 399 g/mol. The number of nitrogens with one attached hydrogen (secondary N) is 1. The number of benzene rings is 2. The molecular formula is C26H26N2O2. The van der Waals surface area contributed by atoms with Gasteiger partial charge in [0.25, 0.3) is 0 Å². The van der Waals surface area contributed by atoms with E-state index >= 15 is 0 Å². The number of rotatable bonds is 3. The van der Waals surface area contributed by atoms with Crippen molar-refractivity contribution in [1.82, 2.24) is 9.88 Å². The Morgan fingerprint density at radius 3 is 2.80 bits per heavy atom. The van der Waals surface area contributed by atoms with Gasteiger partial charge in [0.2, 0.25) is 0 Å². The number of esters is 1. The fraction of sp³-hybridized carbons (Fsp3) is 0.346. The third-order valence-corrected chi connectivity index (χ3v) is 7.54. The number of aromatic amines is 1. The molecular weight excluding hydrogens is 372 g/mol. The van der Waals surface area contributed by atoms with Crippen LogP contribution in [-0.4, -0.2) is 35.0 Å². The lowest BCUT2D eigenvalue weighted by Crippen LogP contribution is -2.61. The van der Waals surface area contributed by atoms with E-state index in [1.165, 1.54) is 27.7 Å². The van der Waals surface area contributed by atoms with Gasteiger partial charge in [-0.2, -0.15) is 0 Å². The minimum absolute atomic E-state index is 0.214. The van der Waals surface area contributed by atoms with E-state index in [1.807, 2.05) is 30.3 Å². The van der Waals surface area contributed by atoms with Crippen molar-refractivity contribution in [3.8, 4) is 0 Å². The van der Waals surface area contributed by atoms with E-state index in [2.05, 4.69) is 47.1 Å². The summed E-state index contributed by atoms with van der Waals surface area (Å²) in [6, 6.07) is 18.9. The molecule has 152 valence electrons. The molecule has 4 aliphatic rings. The van der Waals surface area contributed by atoms with E-state index in [9.17, 15) is 4.79 Å². The van der Waals surface area contributed by atoms with Crippen LogP contribution in [-0.2, 0) is 11.2 Å². The molecule has 4 nitrogen and oxygen atoms in total. The van der Waals surface area contributed by atoms with Gasteiger partial charge in [0.05, 0.1) is 18.2 Å². The van der Waals surface area contributed by atoms with Crippen molar-refractivity contribution in [2.24, 2.45) is 11.8 Å². The molecule has 0 radical (unpaired) electrons. The Balaban J connectivity index is 1.33. The Bertz CT molecular complexity index is 1150. The number of carbonyl (C=O) groups is 1. The molecule has 4 bridgehead atoms. The van der Waals surface area contributed by atoms with Gasteiger partial charge >= 0.3 is 5.97 Å². The van der Waals surface area contributed by atoms with E-state index in [0.717, 1.165) is 19.4 Å². The maximum absolute atomic E-state index is 12.6. The number of allylic oxidation sites excluding steroid dienone is 1. The quantitative estimate of drug-likeness (QED) is 0.505. The zero-order valence-corrected chi connectivity index (χ0v) is 17.2. The van der Waals surface area contributed by atoms with Gasteiger partial charge in [0.15, 0.2) is 0 Å². The molecule has 0 aliphatic carbocycles. The number of ether oxygens (including phenoxy) is 1. The molecule has 4 aliphatic heterocycles. The number of nitrogens with zero attached hydrogens (tertiary/aromatic N) is 1.